The number of aliphatic imine (C=N–C) groups is 1. The number of carbonyl (C=O) groups excluding carboxylic acids is 1. The van der Waals surface area contributed by atoms with Crippen molar-refractivity contribution in [3.8, 4) is 11.5 Å². The van der Waals surface area contributed by atoms with Crippen LogP contribution in [0.1, 0.15) is 5.56 Å². The Balaban J connectivity index is 1.86. The largest absolute Gasteiger partial charge is 0.504 e. The van der Waals surface area contributed by atoms with E-state index in [2.05, 4.69) is 10.3 Å². The molecule has 2 N–H and O–H groups in total. The van der Waals surface area contributed by atoms with Crippen LogP contribution in [0.4, 0.5) is 5.69 Å². The highest BCUT2D eigenvalue weighted by Gasteiger charge is 2.24. The molecule has 0 saturated carbocycles. The molecule has 1 aliphatic rings. The summed E-state index contributed by atoms with van der Waals surface area (Å²) in [6.45, 7) is 0. The number of halogens is 2. The lowest BCUT2D eigenvalue weighted by Gasteiger charge is -2.03. The maximum absolute atomic E-state index is 12.1. The Bertz CT molecular complexity index is 913. The Morgan fingerprint density at radius 1 is 1.28 bits per heavy atom. The van der Waals surface area contributed by atoms with E-state index < -0.39 is 0 Å². The highest BCUT2D eigenvalue weighted by molar-refractivity contribution is 8.18. The Kier molecular flexibility index (Phi) is 5.22. The number of nitrogens with zero attached hydrogens (tertiary/aromatic N) is 1. The van der Waals surface area contributed by atoms with Crippen LogP contribution < -0.4 is 10.1 Å². The first kappa shape index (κ1) is 17.7. The van der Waals surface area contributed by atoms with Crippen molar-refractivity contribution in [1.82, 2.24) is 5.32 Å². The number of phenols is 1. The number of ether oxygens (including phenoxy) is 1. The topological polar surface area (TPSA) is 70.9 Å². The number of methoxy groups -OCH3 is 1. The van der Waals surface area contributed by atoms with Crippen molar-refractivity contribution in [1.29, 1.82) is 0 Å². The van der Waals surface area contributed by atoms with Gasteiger partial charge in [0.25, 0.3) is 5.91 Å². The molecule has 5 nitrogen and oxygen atoms in total. The fourth-order valence-electron chi connectivity index (χ4n) is 2.12. The summed E-state index contributed by atoms with van der Waals surface area (Å²) in [7, 11) is 1.47. The number of thioether (sulfide) groups is 1. The summed E-state index contributed by atoms with van der Waals surface area (Å²) in [6, 6.07) is 9.98. The number of hydrogen-bond acceptors (Lipinski definition) is 5. The molecule has 1 amide bonds. The molecule has 0 bridgehead atoms. The van der Waals surface area contributed by atoms with Gasteiger partial charge in [0, 0.05) is 0 Å². The van der Waals surface area contributed by atoms with Gasteiger partial charge in [-0.2, -0.15) is 0 Å². The predicted molar refractivity (Wildman–Crippen MR) is 102 cm³/mol. The molecule has 1 saturated heterocycles. The van der Waals surface area contributed by atoms with E-state index in [1.807, 2.05) is 0 Å². The van der Waals surface area contributed by atoms with Gasteiger partial charge in [0.05, 0.1) is 27.7 Å². The van der Waals surface area contributed by atoms with Crippen LogP contribution >= 0.6 is 35.0 Å². The minimum absolute atomic E-state index is 0.000134. The van der Waals surface area contributed by atoms with Crippen molar-refractivity contribution in [3.05, 3.63) is 56.9 Å². The lowest BCUT2D eigenvalue weighted by Crippen LogP contribution is -2.19. The molecule has 0 radical (unpaired) electrons. The van der Waals surface area contributed by atoms with Gasteiger partial charge in [-0.05, 0) is 47.7 Å². The van der Waals surface area contributed by atoms with E-state index in [0.29, 0.717) is 37.1 Å². The predicted octanol–water partition coefficient (Wildman–Crippen LogP) is 4.60. The van der Waals surface area contributed by atoms with Gasteiger partial charge in [-0.1, -0.05) is 35.3 Å². The minimum atomic E-state index is -0.280. The molecular weight excluding hydrogens is 383 g/mol. The van der Waals surface area contributed by atoms with Crippen molar-refractivity contribution in [2.45, 2.75) is 0 Å². The summed E-state index contributed by atoms with van der Waals surface area (Å²) >= 11 is 13.2. The van der Waals surface area contributed by atoms with Gasteiger partial charge in [0.1, 0.15) is 0 Å². The molecule has 0 spiro atoms. The molecule has 8 heteroatoms. The first-order valence-electron chi connectivity index (χ1n) is 7.08. The third kappa shape index (κ3) is 3.92. The molecule has 0 aliphatic carbocycles. The van der Waals surface area contributed by atoms with E-state index in [1.165, 1.54) is 24.9 Å². The molecular formula is C17H12Cl2N2O3S. The van der Waals surface area contributed by atoms with Crippen LogP contribution in [0.3, 0.4) is 0 Å². The molecule has 2 aromatic rings. The third-order valence-corrected chi connectivity index (χ3v) is 5.02. The van der Waals surface area contributed by atoms with Crippen LogP contribution in [0, 0.1) is 0 Å². The second-order valence-electron chi connectivity index (χ2n) is 4.99. The van der Waals surface area contributed by atoms with Gasteiger partial charge in [-0.15, -0.1) is 0 Å². The number of nitrogens with one attached hydrogen (secondary N) is 1. The number of benzene rings is 2. The normalized spacial score (nSPS) is 17.2. The van der Waals surface area contributed by atoms with Crippen molar-refractivity contribution in [2.75, 3.05) is 7.11 Å². The standard InChI is InChI=1S/C17H12Cl2N2O3S/c1-24-13-6-5-9(7-12(13)22)8-14-16(23)21-17(25-14)20-11-4-2-3-10(18)15(11)19/h2-8,22H,1H3,(H,20,21,23)/b14-8+. The zero-order valence-corrected chi connectivity index (χ0v) is 15.2. The van der Waals surface area contributed by atoms with Crippen LogP contribution in [0.25, 0.3) is 6.08 Å². The van der Waals surface area contributed by atoms with E-state index in [-0.39, 0.29) is 11.7 Å². The molecule has 25 heavy (non-hydrogen) atoms. The van der Waals surface area contributed by atoms with E-state index >= 15 is 0 Å². The van der Waals surface area contributed by atoms with Gasteiger partial charge in [-0.3, -0.25) is 4.79 Å². The molecule has 128 valence electrons. The summed E-state index contributed by atoms with van der Waals surface area (Å²) in [5, 5.41) is 13.6. The molecule has 0 unspecified atom stereocenters. The molecule has 2 aromatic carbocycles. The van der Waals surface area contributed by atoms with Gasteiger partial charge in [0.2, 0.25) is 0 Å². The summed E-state index contributed by atoms with van der Waals surface area (Å²) in [4.78, 5) is 16.9. The first-order chi connectivity index (χ1) is 12.0. The van der Waals surface area contributed by atoms with Crippen molar-refractivity contribution in [3.63, 3.8) is 0 Å². The van der Waals surface area contributed by atoms with Crippen LogP contribution in [-0.2, 0) is 4.79 Å². The number of amidine groups is 1. The monoisotopic (exact) mass is 394 g/mol. The number of amides is 1. The van der Waals surface area contributed by atoms with Crippen LogP contribution in [0.5, 0.6) is 11.5 Å². The van der Waals surface area contributed by atoms with Crippen molar-refractivity contribution in [2.24, 2.45) is 4.99 Å². The molecule has 1 fully saturated rings. The average Bonchev–Trinajstić information content (AvgIpc) is 2.91. The Hall–Kier alpha value is -2.15. The maximum atomic E-state index is 12.1. The quantitative estimate of drug-likeness (QED) is 0.746. The SMILES string of the molecule is COc1ccc(/C=C2/SC(=Nc3cccc(Cl)c3Cl)NC2=O)cc1O. The first-order valence-corrected chi connectivity index (χ1v) is 8.66. The highest BCUT2D eigenvalue weighted by atomic mass is 35.5. The number of hydrogen-bond donors (Lipinski definition) is 2. The van der Waals surface area contributed by atoms with Crippen molar-refractivity contribution >= 4 is 57.8 Å². The van der Waals surface area contributed by atoms with E-state index in [9.17, 15) is 9.90 Å². The smallest absolute Gasteiger partial charge is 0.264 e. The summed E-state index contributed by atoms with van der Waals surface area (Å²) in [5.74, 6) is 0.0839. The molecule has 0 aromatic heterocycles. The average molecular weight is 395 g/mol. The lowest BCUT2D eigenvalue weighted by molar-refractivity contribution is -0.115. The molecule has 3 rings (SSSR count). The molecule has 1 heterocycles. The Morgan fingerprint density at radius 2 is 2.08 bits per heavy atom. The van der Waals surface area contributed by atoms with Gasteiger partial charge in [0.15, 0.2) is 16.7 Å². The summed E-state index contributed by atoms with van der Waals surface area (Å²) < 4.78 is 5.00. The van der Waals surface area contributed by atoms with E-state index in [4.69, 9.17) is 27.9 Å². The number of phenolic OH excluding ortho intramolecular Hbond substituents is 1. The third-order valence-electron chi connectivity index (χ3n) is 3.30. The number of carbonyl (C=O) groups is 1. The summed E-state index contributed by atoms with van der Waals surface area (Å²) in [5.41, 5.74) is 1.14. The maximum Gasteiger partial charge on any atom is 0.264 e. The number of aromatic hydroxyl groups is 1. The zero-order valence-electron chi connectivity index (χ0n) is 12.9. The zero-order chi connectivity index (χ0) is 18.0. The minimum Gasteiger partial charge on any atom is -0.504 e. The van der Waals surface area contributed by atoms with Crippen LogP contribution in [0.15, 0.2) is 46.3 Å². The molecule has 0 atom stereocenters. The fourth-order valence-corrected chi connectivity index (χ4v) is 3.29. The van der Waals surface area contributed by atoms with Gasteiger partial charge < -0.3 is 15.2 Å². The Labute approximate surface area is 158 Å². The second kappa shape index (κ2) is 7.39. The molecule has 1 aliphatic heterocycles. The number of rotatable bonds is 3. The second-order valence-corrected chi connectivity index (χ2v) is 6.80. The summed E-state index contributed by atoms with van der Waals surface area (Å²) in [6.07, 6.45) is 1.65. The highest BCUT2D eigenvalue weighted by Crippen LogP contribution is 2.35. The van der Waals surface area contributed by atoms with Gasteiger partial charge in [-0.25, -0.2) is 4.99 Å². The van der Waals surface area contributed by atoms with E-state index in [0.717, 1.165) is 0 Å². The van der Waals surface area contributed by atoms with Crippen molar-refractivity contribution < 1.29 is 14.6 Å². The van der Waals surface area contributed by atoms with Gasteiger partial charge >= 0.3 is 0 Å². The Morgan fingerprint density at radius 3 is 2.80 bits per heavy atom. The van der Waals surface area contributed by atoms with E-state index in [1.54, 1.807) is 36.4 Å². The lowest BCUT2D eigenvalue weighted by atomic mass is 10.2. The fraction of sp³-hybridized carbons (Fsp3) is 0.0588. The van der Waals surface area contributed by atoms with Crippen LogP contribution in [0.2, 0.25) is 10.0 Å². The van der Waals surface area contributed by atoms with Crippen LogP contribution in [-0.4, -0.2) is 23.3 Å².